The van der Waals surface area contributed by atoms with Gasteiger partial charge in [0.05, 0.1) is 10.5 Å². The largest absolute Gasteiger partial charge is 0.352 e. The highest BCUT2D eigenvalue weighted by atomic mass is 35.7. The Balaban J connectivity index is 2.96. The van der Waals surface area contributed by atoms with Crippen molar-refractivity contribution in [1.29, 1.82) is 0 Å². The minimum absolute atomic E-state index is 0.256. The molecule has 7 heteroatoms. The summed E-state index contributed by atoms with van der Waals surface area (Å²) < 4.78 is 35.8. The van der Waals surface area contributed by atoms with Crippen LogP contribution in [0.15, 0.2) is 23.1 Å². The van der Waals surface area contributed by atoms with Crippen molar-refractivity contribution in [3.05, 3.63) is 29.6 Å². The van der Waals surface area contributed by atoms with E-state index in [9.17, 15) is 17.6 Å². The molecular formula is C12H15ClFNO3S. The maximum absolute atomic E-state index is 13.5. The fourth-order valence-corrected chi connectivity index (χ4v) is 2.11. The summed E-state index contributed by atoms with van der Waals surface area (Å²) in [5, 5.41) is 2.55. The molecule has 0 saturated heterocycles. The molecule has 1 N–H and O–H groups in total. The second-order valence-electron chi connectivity index (χ2n) is 4.30. The Morgan fingerprint density at radius 3 is 2.63 bits per heavy atom. The maximum atomic E-state index is 13.5. The van der Waals surface area contributed by atoms with Gasteiger partial charge in [0.2, 0.25) is 0 Å². The summed E-state index contributed by atoms with van der Waals surface area (Å²) in [4.78, 5) is 11.5. The van der Waals surface area contributed by atoms with Crippen LogP contribution in [0.2, 0.25) is 0 Å². The molecule has 0 spiro atoms. The number of hydrogen-bond acceptors (Lipinski definition) is 3. The molecular weight excluding hydrogens is 293 g/mol. The van der Waals surface area contributed by atoms with Crippen LogP contribution < -0.4 is 5.32 Å². The van der Waals surface area contributed by atoms with Gasteiger partial charge >= 0.3 is 0 Å². The molecule has 0 fully saturated rings. The highest BCUT2D eigenvalue weighted by Crippen LogP contribution is 2.18. The summed E-state index contributed by atoms with van der Waals surface area (Å²) in [6.07, 6.45) is 0.874. The standard InChI is InChI=1S/C12H15ClFNO3S/c1-3-8(2)7-15-12(16)10-6-9(19(13,17)18)4-5-11(10)14/h4-6,8H,3,7H2,1-2H3,(H,15,16). The molecule has 0 aromatic heterocycles. The molecule has 0 radical (unpaired) electrons. The first-order valence-electron chi connectivity index (χ1n) is 5.78. The molecule has 106 valence electrons. The van der Waals surface area contributed by atoms with E-state index in [0.717, 1.165) is 24.6 Å². The van der Waals surface area contributed by atoms with Crippen LogP contribution in [-0.4, -0.2) is 20.9 Å². The molecule has 0 saturated carbocycles. The first kappa shape index (κ1) is 15.9. The SMILES string of the molecule is CCC(C)CNC(=O)c1cc(S(=O)(=O)Cl)ccc1F. The van der Waals surface area contributed by atoms with Crippen LogP contribution in [-0.2, 0) is 9.05 Å². The van der Waals surface area contributed by atoms with Gasteiger partial charge in [-0.15, -0.1) is 0 Å². The third-order valence-electron chi connectivity index (χ3n) is 2.77. The van der Waals surface area contributed by atoms with Crippen LogP contribution in [0.1, 0.15) is 30.6 Å². The Morgan fingerprint density at radius 1 is 1.47 bits per heavy atom. The second-order valence-corrected chi connectivity index (χ2v) is 6.87. The van der Waals surface area contributed by atoms with Crippen LogP contribution in [0.25, 0.3) is 0 Å². The van der Waals surface area contributed by atoms with E-state index >= 15 is 0 Å². The van der Waals surface area contributed by atoms with Crippen molar-refractivity contribution in [2.45, 2.75) is 25.2 Å². The lowest BCUT2D eigenvalue weighted by Crippen LogP contribution is -2.28. The summed E-state index contributed by atoms with van der Waals surface area (Å²) in [6, 6.07) is 2.86. The Bertz CT molecular complexity index is 574. The number of rotatable bonds is 5. The number of benzene rings is 1. The van der Waals surface area contributed by atoms with Crippen molar-refractivity contribution in [3.8, 4) is 0 Å². The molecule has 1 atom stereocenters. The number of nitrogens with one attached hydrogen (secondary N) is 1. The van der Waals surface area contributed by atoms with Crippen molar-refractivity contribution in [2.24, 2.45) is 5.92 Å². The van der Waals surface area contributed by atoms with E-state index in [1.807, 2.05) is 13.8 Å². The molecule has 1 aromatic rings. The third-order valence-corrected chi connectivity index (χ3v) is 4.12. The molecule has 1 rings (SSSR count). The van der Waals surface area contributed by atoms with Gasteiger partial charge in [0, 0.05) is 17.2 Å². The lowest BCUT2D eigenvalue weighted by Gasteiger charge is -2.11. The van der Waals surface area contributed by atoms with Gasteiger partial charge in [-0.3, -0.25) is 4.79 Å². The van der Waals surface area contributed by atoms with Gasteiger partial charge in [-0.1, -0.05) is 20.3 Å². The molecule has 0 bridgehead atoms. The topological polar surface area (TPSA) is 63.2 Å². The van der Waals surface area contributed by atoms with Gasteiger partial charge in [0.1, 0.15) is 5.82 Å². The van der Waals surface area contributed by atoms with E-state index in [1.165, 1.54) is 0 Å². The molecule has 4 nitrogen and oxygen atoms in total. The van der Waals surface area contributed by atoms with Crippen molar-refractivity contribution in [1.82, 2.24) is 5.32 Å². The van der Waals surface area contributed by atoms with Gasteiger partial charge in [-0.25, -0.2) is 12.8 Å². The quantitative estimate of drug-likeness (QED) is 0.850. The minimum Gasteiger partial charge on any atom is -0.352 e. The average Bonchev–Trinajstić information content (AvgIpc) is 2.34. The molecule has 0 aliphatic heterocycles. The smallest absolute Gasteiger partial charge is 0.261 e. The Hall–Kier alpha value is -1.14. The highest BCUT2D eigenvalue weighted by Gasteiger charge is 2.17. The van der Waals surface area contributed by atoms with E-state index in [4.69, 9.17) is 10.7 Å². The molecule has 1 amide bonds. The molecule has 0 aliphatic carbocycles. The zero-order valence-corrected chi connectivity index (χ0v) is 12.2. The van der Waals surface area contributed by atoms with Crippen LogP contribution in [0, 0.1) is 11.7 Å². The van der Waals surface area contributed by atoms with Crippen LogP contribution in [0.3, 0.4) is 0 Å². The Kier molecular flexibility index (Phi) is 5.31. The zero-order valence-electron chi connectivity index (χ0n) is 10.6. The van der Waals surface area contributed by atoms with E-state index in [-0.39, 0.29) is 16.4 Å². The lowest BCUT2D eigenvalue weighted by molar-refractivity contribution is 0.0943. The monoisotopic (exact) mass is 307 g/mol. The predicted molar refractivity (Wildman–Crippen MR) is 71.2 cm³/mol. The Morgan fingerprint density at radius 2 is 2.11 bits per heavy atom. The minimum atomic E-state index is -3.99. The highest BCUT2D eigenvalue weighted by molar-refractivity contribution is 8.13. The van der Waals surface area contributed by atoms with Crippen LogP contribution >= 0.6 is 10.7 Å². The summed E-state index contributed by atoms with van der Waals surface area (Å²) in [5.41, 5.74) is -0.329. The van der Waals surface area contributed by atoms with Crippen molar-refractivity contribution in [2.75, 3.05) is 6.54 Å². The number of carbonyl (C=O) groups is 1. The molecule has 0 heterocycles. The summed E-state index contributed by atoms with van der Waals surface area (Å²) in [5.74, 6) is -1.18. The van der Waals surface area contributed by atoms with Gasteiger partial charge in [-0.05, 0) is 24.1 Å². The number of carbonyl (C=O) groups excluding carboxylic acids is 1. The van der Waals surface area contributed by atoms with E-state index in [2.05, 4.69) is 5.32 Å². The molecule has 1 unspecified atom stereocenters. The lowest BCUT2D eigenvalue weighted by atomic mass is 10.1. The van der Waals surface area contributed by atoms with Crippen molar-refractivity contribution >= 4 is 25.6 Å². The third kappa shape index (κ3) is 4.47. The van der Waals surface area contributed by atoms with E-state index < -0.39 is 20.8 Å². The molecule has 0 aliphatic rings. The number of hydrogen-bond donors (Lipinski definition) is 1. The fraction of sp³-hybridized carbons (Fsp3) is 0.417. The second kappa shape index (κ2) is 6.34. The fourth-order valence-electron chi connectivity index (χ4n) is 1.34. The van der Waals surface area contributed by atoms with Gasteiger partial charge < -0.3 is 5.32 Å². The average molecular weight is 308 g/mol. The number of halogens is 2. The van der Waals surface area contributed by atoms with Gasteiger partial charge in [0.15, 0.2) is 0 Å². The number of amides is 1. The normalized spacial score (nSPS) is 13.1. The molecule has 19 heavy (non-hydrogen) atoms. The molecule has 1 aromatic carbocycles. The summed E-state index contributed by atoms with van der Waals surface area (Å²) in [6.45, 7) is 4.31. The first-order chi connectivity index (χ1) is 8.75. The maximum Gasteiger partial charge on any atom is 0.261 e. The Labute approximate surface area is 116 Å². The predicted octanol–water partition coefficient (Wildman–Crippen LogP) is 2.53. The van der Waals surface area contributed by atoms with Gasteiger partial charge in [-0.2, -0.15) is 0 Å². The van der Waals surface area contributed by atoms with E-state index in [1.54, 1.807) is 0 Å². The van der Waals surface area contributed by atoms with Crippen molar-refractivity contribution < 1.29 is 17.6 Å². The van der Waals surface area contributed by atoms with Crippen LogP contribution in [0.4, 0.5) is 4.39 Å². The van der Waals surface area contributed by atoms with Gasteiger partial charge in [0.25, 0.3) is 15.0 Å². The summed E-state index contributed by atoms with van der Waals surface area (Å²) in [7, 11) is 1.17. The summed E-state index contributed by atoms with van der Waals surface area (Å²) >= 11 is 0. The first-order valence-corrected chi connectivity index (χ1v) is 8.09. The van der Waals surface area contributed by atoms with Crippen molar-refractivity contribution in [3.63, 3.8) is 0 Å². The van der Waals surface area contributed by atoms with Crippen LogP contribution in [0.5, 0.6) is 0 Å². The zero-order chi connectivity index (χ0) is 14.6. The van der Waals surface area contributed by atoms with E-state index in [0.29, 0.717) is 6.54 Å².